The molecule has 0 aliphatic carbocycles. The number of halogens is 2. The Morgan fingerprint density at radius 3 is 2.35 bits per heavy atom. The summed E-state index contributed by atoms with van der Waals surface area (Å²) >= 11 is 6.88. The van der Waals surface area contributed by atoms with Crippen LogP contribution in [0.15, 0.2) is 53.0 Å². The molecule has 0 bridgehead atoms. The van der Waals surface area contributed by atoms with Crippen molar-refractivity contribution in [2.45, 2.75) is 11.9 Å². The van der Waals surface area contributed by atoms with Gasteiger partial charge in [-0.2, -0.15) is 0 Å². The van der Waals surface area contributed by atoms with Crippen LogP contribution in [0.4, 0.5) is 0 Å². The van der Waals surface area contributed by atoms with Crippen molar-refractivity contribution in [2.24, 2.45) is 0 Å². The van der Waals surface area contributed by atoms with Crippen molar-refractivity contribution in [3.05, 3.63) is 64.1 Å². The second-order valence-electron chi connectivity index (χ2n) is 3.66. The van der Waals surface area contributed by atoms with E-state index >= 15 is 0 Å². The van der Waals surface area contributed by atoms with Gasteiger partial charge >= 0.3 is 0 Å². The van der Waals surface area contributed by atoms with Crippen LogP contribution < -0.4 is 4.74 Å². The summed E-state index contributed by atoms with van der Waals surface area (Å²) < 4.78 is 6.89. The maximum atomic E-state index is 5.81. The first-order valence-electron chi connectivity index (χ1n) is 5.30. The molecule has 3 heteroatoms. The highest BCUT2D eigenvalue weighted by atomic mass is 79.9. The first kappa shape index (κ1) is 12.7. The van der Waals surface area contributed by atoms with E-state index in [1.54, 1.807) is 0 Å². The van der Waals surface area contributed by atoms with Gasteiger partial charge in [-0.25, -0.2) is 0 Å². The Labute approximate surface area is 118 Å². The lowest BCUT2D eigenvalue weighted by Crippen LogP contribution is -1.97. The molecule has 1 nitrogen and oxygen atoms in total. The Bertz CT molecular complexity index is 480. The average Bonchev–Trinajstić information content (AvgIpc) is 2.38. The number of para-hydroxylation sites is 1. The molecule has 0 heterocycles. The predicted molar refractivity (Wildman–Crippen MR) is 77.5 cm³/mol. The lowest BCUT2D eigenvalue weighted by atomic mass is 10.2. The van der Waals surface area contributed by atoms with Crippen LogP contribution in [-0.2, 0) is 11.9 Å². The fraction of sp³-hybridized carbons (Fsp3) is 0.143. The van der Waals surface area contributed by atoms with Crippen LogP contribution in [0.1, 0.15) is 11.1 Å². The largest absolute Gasteiger partial charge is 0.489 e. The Kier molecular flexibility index (Phi) is 4.63. The highest BCUT2D eigenvalue weighted by Gasteiger charge is 2.01. The van der Waals surface area contributed by atoms with Crippen molar-refractivity contribution in [1.29, 1.82) is 0 Å². The van der Waals surface area contributed by atoms with Crippen LogP contribution in [0.3, 0.4) is 0 Å². The van der Waals surface area contributed by atoms with Gasteiger partial charge in [0.25, 0.3) is 0 Å². The first-order chi connectivity index (χ1) is 8.29. The molecule has 0 aliphatic rings. The molecule has 0 N–H and O–H groups in total. The SMILES string of the molecule is BrCc1ccccc1OCc1ccc(Br)cc1. The third kappa shape index (κ3) is 3.58. The second-order valence-corrected chi connectivity index (χ2v) is 5.13. The van der Waals surface area contributed by atoms with E-state index in [-0.39, 0.29) is 0 Å². The number of rotatable bonds is 4. The summed E-state index contributed by atoms with van der Waals surface area (Å²) in [5, 5.41) is 0.809. The Morgan fingerprint density at radius 2 is 1.65 bits per heavy atom. The molecule has 0 aliphatic heterocycles. The van der Waals surface area contributed by atoms with E-state index in [1.165, 1.54) is 5.56 Å². The summed E-state index contributed by atoms with van der Waals surface area (Å²) in [6.45, 7) is 0.595. The first-order valence-corrected chi connectivity index (χ1v) is 7.22. The number of alkyl halides is 1. The van der Waals surface area contributed by atoms with Gasteiger partial charge in [0, 0.05) is 15.4 Å². The molecule has 2 rings (SSSR count). The summed E-state index contributed by atoms with van der Waals surface area (Å²) in [5.41, 5.74) is 2.34. The molecule has 2 aromatic carbocycles. The zero-order valence-electron chi connectivity index (χ0n) is 9.20. The van der Waals surface area contributed by atoms with Crippen LogP contribution in [-0.4, -0.2) is 0 Å². The fourth-order valence-corrected chi connectivity index (χ4v) is 2.22. The molecular formula is C14H12Br2O. The smallest absolute Gasteiger partial charge is 0.123 e. The minimum atomic E-state index is 0.595. The summed E-state index contributed by atoms with van der Waals surface area (Å²) in [4.78, 5) is 0. The van der Waals surface area contributed by atoms with Gasteiger partial charge in [-0.1, -0.05) is 62.2 Å². The number of benzene rings is 2. The summed E-state index contributed by atoms with van der Waals surface area (Å²) in [7, 11) is 0. The molecule has 88 valence electrons. The molecule has 0 amide bonds. The molecule has 0 radical (unpaired) electrons. The van der Waals surface area contributed by atoms with Gasteiger partial charge in [-0.3, -0.25) is 0 Å². The Balaban J connectivity index is 2.04. The maximum absolute atomic E-state index is 5.81. The van der Waals surface area contributed by atoms with Gasteiger partial charge in [0.05, 0.1) is 0 Å². The summed E-state index contributed by atoms with van der Waals surface area (Å²) in [6, 6.07) is 16.2. The second kappa shape index (κ2) is 6.22. The van der Waals surface area contributed by atoms with Crippen LogP contribution in [0.25, 0.3) is 0 Å². The van der Waals surface area contributed by atoms with E-state index in [0.29, 0.717) is 6.61 Å². The van der Waals surface area contributed by atoms with Gasteiger partial charge in [0.15, 0.2) is 0 Å². The van der Waals surface area contributed by atoms with E-state index in [9.17, 15) is 0 Å². The van der Waals surface area contributed by atoms with E-state index in [1.807, 2.05) is 30.3 Å². The van der Waals surface area contributed by atoms with E-state index in [4.69, 9.17) is 4.74 Å². The van der Waals surface area contributed by atoms with Crippen molar-refractivity contribution in [2.75, 3.05) is 0 Å². The standard InChI is InChI=1S/C14H12Br2O/c15-9-12-3-1-2-4-14(12)17-10-11-5-7-13(16)8-6-11/h1-8H,9-10H2. The van der Waals surface area contributed by atoms with Crippen LogP contribution >= 0.6 is 31.9 Å². The van der Waals surface area contributed by atoms with Crippen LogP contribution in [0.5, 0.6) is 5.75 Å². The lowest BCUT2D eigenvalue weighted by Gasteiger charge is -2.09. The molecule has 0 fully saturated rings. The van der Waals surface area contributed by atoms with Crippen molar-refractivity contribution >= 4 is 31.9 Å². The normalized spacial score (nSPS) is 10.2. The molecule has 0 spiro atoms. The quantitative estimate of drug-likeness (QED) is 0.707. The van der Waals surface area contributed by atoms with Gasteiger partial charge in [-0.05, 0) is 23.8 Å². The van der Waals surface area contributed by atoms with E-state index < -0.39 is 0 Å². The molecule has 0 aromatic heterocycles. The molecule has 0 unspecified atom stereocenters. The molecule has 17 heavy (non-hydrogen) atoms. The summed E-state index contributed by atoms with van der Waals surface area (Å²) in [5.74, 6) is 0.937. The maximum Gasteiger partial charge on any atom is 0.123 e. The molecule has 0 saturated heterocycles. The van der Waals surface area contributed by atoms with Crippen molar-refractivity contribution in [3.8, 4) is 5.75 Å². The van der Waals surface area contributed by atoms with Crippen molar-refractivity contribution in [3.63, 3.8) is 0 Å². The molecule has 2 aromatic rings. The van der Waals surface area contributed by atoms with Gasteiger partial charge in [0.1, 0.15) is 12.4 Å². The predicted octanol–water partition coefficient (Wildman–Crippen LogP) is 4.92. The Morgan fingerprint density at radius 1 is 0.941 bits per heavy atom. The third-order valence-corrected chi connectivity index (χ3v) is 3.56. The van der Waals surface area contributed by atoms with E-state index in [2.05, 4.69) is 50.1 Å². The highest BCUT2D eigenvalue weighted by Crippen LogP contribution is 2.21. The number of hydrogen-bond acceptors (Lipinski definition) is 1. The van der Waals surface area contributed by atoms with Gasteiger partial charge in [-0.15, -0.1) is 0 Å². The topological polar surface area (TPSA) is 9.23 Å². The van der Waals surface area contributed by atoms with E-state index in [0.717, 1.165) is 21.1 Å². The minimum Gasteiger partial charge on any atom is -0.489 e. The molecule has 0 saturated carbocycles. The van der Waals surface area contributed by atoms with Crippen molar-refractivity contribution in [1.82, 2.24) is 0 Å². The van der Waals surface area contributed by atoms with Crippen LogP contribution in [0, 0.1) is 0 Å². The fourth-order valence-electron chi connectivity index (χ4n) is 1.50. The minimum absolute atomic E-state index is 0.595. The molecular weight excluding hydrogens is 344 g/mol. The summed E-state index contributed by atoms with van der Waals surface area (Å²) in [6.07, 6.45) is 0. The number of ether oxygens (including phenoxy) is 1. The van der Waals surface area contributed by atoms with Crippen molar-refractivity contribution < 1.29 is 4.74 Å². The Hall–Kier alpha value is -0.800. The molecule has 0 atom stereocenters. The van der Waals surface area contributed by atoms with Crippen LogP contribution in [0.2, 0.25) is 0 Å². The average molecular weight is 356 g/mol. The monoisotopic (exact) mass is 354 g/mol. The zero-order chi connectivity index (χ0) is 12.1. The van der Waals surface area contributed by atoms with Gasteiger partial charge < -0.3 is 4.74 Å². The highest BCUT2D eigenvalue weighted by molar-refractivity contribution is 9.10. The lowest BCUT2D eigenvalue weighted by molar-refractivity contribution is 0.304. The third-order valence-electron chi connectivity index (χ3n) is 2.42. The number of hydrogen-bond donors (Lipinski definition) is 0. The zero-order valence-corrected chi connectivity index (χ0v) is 12.4. The van der Waals surface area contributed by atoms with Gasteiger partial charge in [0.2, 0.25) is 0 Å².